The van der Waals surface area contributed by atoms with Crippen LogP contribution in [-0.4, -0.2) is 55.3 Å². The van der Waals surface area contributed by atoms with E-state index in [4.69, 9.17) is 4.74 Å². The summed E-state index contributed by atoms with van der Waals surface area (Å²) in [7, 11) is 2.22. The maximum absolute atomic E-state index is 5.92. The van der Waals surface area contributed by atoms with E-state index in [1.807, 2.05) is 6.20 Å². The van der Waals surface area contributed by atoms with Crippen LogP contribution in [0.2, 0.25) is 0 Å². The van der Waals surface area contributed by atoms with Gasteiger partial charge in [0, 0.05) is 31.4 Å². The van der Waals surface area contributed by atoms with Gasteiger partial charge < -0.3 is 14.5 Å². The Balaban J connectivity index is 1.58. The van der Waals surface area contributed by atoms with Gasteiger partial charge in [-0.25, -0.2) is 0 Å². The molecule has 0 spiro atoms. The predicted molar refractivity (Wildman–Crippen MR) is 81.2 cm³/mol. The number of anilines is 1. The molecule has 1 aromatic rings. The number of morpholine rings is 1. The zero-order valence-electron chi connectivity index (χ0n) is 12.6. The number of pyridine rings is 1. The maximum Gasteiger partial charge on any atom is 0.0877 e. The van der Waals surface area contributed by atoms with Gasteiger partial charge in [-0.15, -0.1) is 0 Å². The molecule has 1 aliphatic heterocycles. The average molecular weight is 275 g/mol. The third-order valence-electron chi connectivity index (χ3n) is 4.34. The molecule has 3 rings (SSSR count). The molecular formula is C16H25N3O. The van der Waals surface area contributed by atoms with Crippen molar-refractivity contribution in [2.24, 2.45) is 0 Å². The molecule has 1 saturated heterocycles. The first-order chi connectivity index (χ1) is 9.76. The molecule has 2 heterocycles. The van der Waals surface area contributed by atoms with E-state index in [-0.39, 0.29) is 0 Å². The molecule has 2 aliphatic rings. The molecule has 4 nitrogen and oxygen atoms in total. The second-order valence-corrected chi connectivity index (χ2v) is 5.97. The van der Waals surface area contributed by atoms with Gasteiger partial charge in [-0.1, -0.05) is 6.92 Å². The Bertz CT molecular complexity index is 430. The van der Waals surface area contributed by atoms with Crippen molar-refractivity contribution >= 4 is 5.69 Å². The molecule has 4 heteroatoms. The van der Waals surface area contributed by atoms with Crippen LogP contribution in [-0.2, 0) is 11.2 Å². The molecule has 1 saturated carbocycles. The number of aryl methyl sites for hydroxylation is 1. The lowest BCUT2D eigenvalue weighted by Gasteiger charge is -2.36. The molecule has 110 valence electrons. The summed E-state index contributed by atoms with van der Waals surface area (Å²) in [5.74, 6) is 0. The van der Waals surface area contributed by atoms with Crippen molar-refractivity contribution in [3.05, 3.63) is 24.0 Å². The molecule has 0 amide bonds. The van der Waals surface area contributed by atoms with Crippen LogP contribution in [0.15, 0.2) is 18.3 Å². The Hall–Kier alpha value is -1.13. The minimum Gasteiger partial charge on any atom is -0.373 e. The fourth-order valence-corrected chi connectivity index (χ4v) is 2.86. The monoisotopic (exact) mass is 275 g/mol. The maximum atomic E-state index is 5.92. The third kappa shape index (κ3) is 3.30. The lowest BCUT2D eigenvalue weighted by molar-refractivity contribution is 0.0192. The minimum atomic E-state index is 0.320. The van der Waals surface area contributed by atoms with Gasteiger partial charge in [0.05, 0.1) is 24.6 Å². The van der Waals surface area contributed by atoms with E-state index in [9.17, 15) is 0 Å². The summed E-state index contributed by atoms with van der Waals surface area (Å²) in [5, 5.41) is 0. The van der Waals surface area contributed by atoms with Crippen LogP contribution in [0.5, 0.6) is 0 Å². The molecule has 1 aliphatic carbocycles. The Morgan fingerprint density at radius 1 is 1.40 bits per heavy atom. The molecule has 1 aromatic heterocycles. The van der Waals surface area contributed by atoms with Gasteiger partial charge in [0.1, 0.15) is 0 Å². The summed E-state index contributed by atoms with van der Waals surface area (Å²) < 4.78 is 5.92. The fraction of sp³-hybridized carbons (Fsp3) is 0.688. The highest BCUT2D eigenvalue weighted by Crippen LogP contribution is 2.26. The first kappa shape index (κ1) is 13.8. The number of hydrogen-bond donors (Lipinski definition) is 0. The third-order valence-corrected chi connectivity index (χ3v) is 4.34. The highest BCUT2D eigenvalue weighted by atomic mass is 16.5. The second-order valence-electron chi connectivity index (χ2n) is 5.97. The Kier molecular flexibility index (Phi) is 4.22. The van der Waals surface area contributed by atoms with Crippen molar-refractivity contribution in [2.75, 3.05) is 38.2 Å². The number of nitrogens with zero attached hydrogens (tertiary/aromatic N) is 3. The highest BCUT2D eigenvalue weighted by Gasteiger charge is 2.29. The number of hydrogen-bond acceptors (Lipinski definition) is 4. The Morgan fingerprint density at radius 3 is 2.90 bits per heavy atom. The number of aromatic nitrogens is 1. The molecule has 0 aromatic carbocycles. The predicted octanol–water partition coefficient (Wildman–Crippen LogP) is 1.94. The van der Waals surface area contributed by atoms with Crippen molar-refractivity contribution in [1.82, 2.24) is 9.88 Å². The summed E-state index contributed by atoms with van der Waals surface area (Å²) in [6.07, 6.45) is 6.04. The second kappa shape index (κ2) is 6.10. The van der Waals surface area contributed by atoms with E-state index in [2.05, 4.69) is 40.9 Å². The van der Waals surface area contributed by atoms with Gasteiger partial charge in [-0.2, -0.15) is 0 Å². The van der Waals surface area contributed by atoms with Gasteiger partial charge in [0.15, 0.2) is 0 Å². The lowest BCUT2D eigenvalue weighted by atomic mass is 10.2. The molecule has 20 heavy (non-hydrogen) atoms. The first-order valence-electron chi connectivity index (χ1n) is 7.78. The van der Waals surface area contributed by atoms with Gasteiger partial charge in [-0.05, 0) is 38.4 Å². The van der Waals surface area contributed by atoms with E-state index in [0.717, 1.165) is 44.4 Å². The van der Waals surface area contributed by atoms with E-state index in [1.54, 1.807) is 0 Å². The number of ether oxygens (including phenoxy) is 1. The summed E-state index contributed by atoms with van der Waals surface area (Å²) in [4.78, 5) is 9.36. The van der Waals surface area contributed by atoms with Crippen LogP contribution in [0.25, 0.3) is 0 Å². The van der Waals surface area contributed by atoms with E-state index in [0.29, 0.717) is 6.10 Å². The highest BCUT2D eigenvalue weighted by molar-refractivity contribution is 5.45. The largest absolute Gasteiger partial charge is 0.373 e. The van der Waals surface area contributed by atoms with Crippen LogP contribution in [0.1, 0.15) is 25.5 Å². The lowest BCUT2D eigenvalue weighted by Crippen LogP contribution is -2.47. The zero-order chi connectivity index (χ0) is 13.9. The SMILES string of the molecule is CCc1ccc(N2CCOC(CN(C)C3CC3)C2)cn1. The van der Waals surface area contributed by atoms with Crippen LogP contribution in [0.3, 0.4) is 0 Å². The average Bonchev–Trinajstić information content (AvgIpc) is 3.32. The normalized spacial score (nSPS) is 23.4. The first-order valence-corrected chi connectivity index (χ1v) is 7.78. The van der Waals surface area contributed by atoms with Crippen molar-refractivity contribution in [1.29, 1.82) is 0 Å². The van der Waals surface area contributed by atoms with Crippen molar-refractivity contribution < 1.29 is 4.74 Å². The van der Waals surface area contributed by atoms with Gasteiger partial charge in [0.25, 0.3) is 0 Å². The van der Waals surface area contributed by atoms with Gasteiger partial charge >= 0.3 is 0 Å². The Morgan fingerprint density at radius 2 is 2.25 bits per heavy atom. The van der Waals surface area contributed by atoms with Crippen LogP contribution in [0, 0.1) is 0 Å². The molecular weight excluding hydrogens is 250 g/mol. The van der Waals surface area contributed by atoms with Crippen LogP contribution < -0.4 is 4.90 Å². The van der Waals surface area contributed by atoms with Gasteiger partial charge in [0.2, 0.25) is 0 Å². The van der Waals surface area contributed by atoms with Gasteiger partial charge in [-0.3, -0.25) is 4.98 Å². The smallest absolute Gasteiger partial charge is 0.0877 e. The Labute approximate surface area is 121 Å². The van der Waals surface area contributed by atoms with Crippen molar-refractivity contribution in [3.8, 4) is 0 Å². The van der Waals surface area contributed by atoms with Crippen LogP contribution in [0.4, 0.5) is 5.69 Å². The molecule has 1 atom stereocenters. The minimum absolute atomic E-state index is 0.320. The number of rotatable bonds is 5. The summed E-state index contributed by atoms with van der Waals surface area (Å²) in [5.41, 5.74) is 2.39. The standard InChI is InChI=1S/C16H25N3O/c1-3-13-4-5-15(10-17-13)19-8-9-20-16(12-19)11-18(2)14-6-7-14/h4-5,10,14,16H,3,6-9,11-12H2,1-2H3. The zero-order valence-corrected chi connectivity index (χ0v) is 12.6. The topological polar surface area (TPSA) is 28.6 Å². The van der Waals surface area contributed by atoms with E-state index < -0.39 is 0 Å². The van der Waals surface area contributed by atoms with E-state index >= 15 is 0 Å². The van der Waals surface area contributed by atoms with Crippen molar-refractivity contribution in [2.45, 2.75) is 38.3 Å². The fourth-order valence-electron chi connectivity index (χ4n) is 2.86. The summed E-state index contributed by atoms with van der Waals surface area (Å²) in [6.45, 7) is 5.95. The molecule has 1 unspecified atom stereocenters. The molecule has 0 bridgehead atoms. The van der Waals surface area contributed by atoms with Crippen LogP contribution >= 0.6 is 0 Å². The quantitative estimate of drug-likeness (QED) is 0.821. The molecule has 2 fully saturated rings. The number of likely N-dealkylation sites (N-methyl/N-ethyl adjacent to an activating group) is 1. The molecule has 0 N–H and O–H groups in total. The van der Waals surface area contributed by atoms with E-state index in [1.165, 1.54) is 18.5 Å². The summed E-state index contributed by atoms with van der Waals surface area (Å²) in [6, 6.07) is 5.13. The van der Waals surface area contributed by atoms with Crippen molar-refractivity contribution in [3.63, 3.8) is 0 Å². The molecule has 0 radical (unpaired) electrons. The summed E-state index contributed by atoms with van der Waals surface area (Å²) >= 11 is 0.